The molecule has 0 atom stereocenters. The van der Waals surface area contributed by atoms with Crippen LogP contribution in [0.3, 0.4) is 0 Å². The molecule has 0 fully saturated rings. The quantitative estimate of drug-likeness (QED) is 0.806. The largest absolute Gasteiger partial charge is 0.483 e. The normalized spacial score (nSPS) is 10.1. The highest BCUT2D eigenvalue weighted by Crippen LogP contribution is 2.25. The van der Waals surface area contributed by atoms with E-state index in [0.29, 0.717) is 0 Å². The van der Waals surface area contributed by atoms with Gasteiger partial charge in [0.1, 0.15) is 5.75 Å². The third kappa shape index (κ3) is 3.75. The Balaban J connectivity index is 2.63. The fourth-order valence-corrected chi connectivity index (χ4v) is 1.53. The third-order valence-corrected chi connectivity index (χ3v) is 2.66. The Bertz CT molecular complexity index is 402. The number of ether oxygens (including phenoxy) is 1. The molecule has 0 spiro atoms. The standard InChI is InChI=1S/C13H19NO3/c1-9-4-5-10(2)13(11(9)3)17-8-12(16)14-6-7-15/h4-5,15H,6-8H2,1-3H3,(H,14,16). The number of carbonyl (C=O) groups excluding carboxylic acids is 1. The van der Waals surface area contributed by atoms with Crippen molar-refractivity contribution in [2.75, 3.05) is 19.8 Å². The SMILES string of the molecule is Cc1ccc(C)c(OCC(=O)NCCO)c1C. The lowest BCUT2D eigenvalue weighted by atomic mass is 10.1. The Hall–Kier alpha value is -1.55. The molecule has 0 aliphatic heterocycles. The van der Waals surface area contributed by atoms with E-state index in [-0.39, 0.29) is 25.7 Å². The molecular weight excluding hydrogens is 218 g/mol. The summed E-state index contributed by atoms with van der Waals surface area (Å²) in [5, 5.41) is 11.1. The Labute approximate surface area is 102 Å². The second kappa shape index (κ2) is 6.25. The van der Waals surface area contributed by atoms with Crippen LogP contribution >= 0.6 is 0 Å². The molecule has 0 aromatic heterocycles. The Morgan fingerprint density at radius 3 is 2.59 bits per heavy atom. The monoisotopic (exact) mass is 237 g/mol. The maximum atomic E-state index is 11.3. The number of rotatable bonds is 5. The van der Waals surface area contributed by atoms with Crippen molar-refractivity contribution in [1.29, 1.82) is 0 Å². The second-order valence-corrected chi connectivity index (χ2v) is 4.02. The molecule has 0 aliphatic rings. The first-order valence-electron chi connectivity index (χ1n) is 5.63. The lowest BCUT2D eigenvalue weighted by molar-refractivity contribution is -0.123. The maximum Gasteiger partial charge on any atom is 0.258 e. The van der Waals surface area contributed by atoms with Crippen molar-refractivity contribution < 1.29 is 14.6 Å². The molecule has 0 saturated heterocycles. The molecule has 1 aromatic carbocycles. The summed E-state index contributed by atoms with van der Waals surface area (Å²) in [6.07, 6.45) is 0. The summed E-state index contributed by atoms with van der Waals surface area (Å²) in [7, 11) is 0. The predicted octanol–water partition coefficient (Wildman–Crippen LogP) is 1.10. The van der Waals surface area contributed by atoms with Crippen LogP contribution in [0, 0.1) is 20.8 Å². The fraction of sp³-hybridized carbons (Fsp3) is 0.462. The summed E-state index contributed by atoms with van der Waals surface area (Å²) in [6.45, 7) is 6.11. The van der Waals surface area contributed by atoms with Crippen LogP contribution in [0.2, 0.25) is 0 Å². The van der Waals surface area contributed by atoms with Crippen molar-refractivity contribution in [1.82, 2.24) is 5.32 Å². The highest BCUT2D eigenvalue weighted by Gasteiger charge is 2.08. The van der Waals surface area contributed by atoms with Gasteiger partial charge in [-0.1, -0.05) is 12.1 Å². The molecule has 4 nitrogen and oxygen atoms in total. The van der Waals surface area contributed by atoms with E-state index in [2.05, 4.69) is 5.32 Å². The second-order valence-electron chi connectivity index (χ2n) is 4.02. The Morgan fingerprint density at radius 2 is 1.94 bits per heavy atom. The van der Waals surface area contributed by atoms with E-state index < -0.39 is 0 Å². The molecule has 0 unspecified atom stereocenters. The minimum Gasteiger partial charge on any atom is -0.483 e. The summed E-state index contributed by atoms with van der Waals surface area (Å²) >= 11 is 0. The summed E-state index contributed by atoms with van der Waals surface area (Å²) in [4.78, 5) is 11.3. The Morgan fingerprint density at radius 1 is 1.29 bits per heavy atom. The van der Waals surface area contributed by atoms with Gasteiger partial charge in [0, 0.05) is 6.54 Å². The van der Waals surface area contributed by atoms with Gasteiger partial charge in [0.15, 0.2) is 6.61 Å². The number of nitrogens with one attached hydrogen (secondary N) is 1. The minimum atomic E-state index is -0.223. The molecular formula is C13H19NO3. The molecule has 94 valence electrons. The van der Waals surface area contributed by atoms with Crippen LogP contribution in [0.25, 0.3) is 0 Å². The number of aliphatic hydroxyl groups is 1. The highest BCUT2D eigenvalue weighted by atomic mass is 16.5. The Kier molecular flexibility index (Phi) is 4.97. The lowest BCUT2D eigenvalue weighted by Gasteiger charge is -2.13. The molecule has 0 aliphatic carbocycles. The van der Waals surface area contributed by atoms with E-state index in [1.54, 1.807) is 0 Å². The van der Waals surface area contributed by atoms with Crippen molar-refractivity contribution in [2.24, 2.45) is 0 Å². The van der Waals surface area contributed by atoms with Gasteiger partial charge in [-0.05, 0) is 37.5 Å². The average molecular weight is 237 g/mol. The zero-order valence-electron chi connectivity index (χ0n) is 10.5. The fourth-order valence-electron chi connectivity index (χ4n) is 1.53. The first-order chi connectivity index (χ1) is 8.06. The molecule has 1 amide bonds. The molecule has 1 rings (SSSR count). The van der Waals surface area contributed by atoms with Gasteiger partial charge in [-0.3, -0.25) is 4.79 Å². The van der Waals surface area contributed by atoms with Crippen LogP contribution in [0.1, 0.15) is 16.7 Å². The summed E-state index contributed by atoms with van der Waals surface area (Å²) in [5.41, 5.74) is 3.21. The number of hydrogen-bond acceptors (Lipinski definition) is 3. The number of carbonyl (C=O) groups is 1. The van der Waals surface area contributed by atoms with E-state index in [1.165, 1.54) is 0 Å². The smallest absolute Gasteiger partial charge is 0.258 e. The van der Waals surface area contributed by atoms with Gasteiger partial charge in [0.25, 0.3) is 5.91 Å². The van der Waals surface area contributed by atoms with Gasteiger partial charge in [-0.2, -0.15) is 0 Å². The van der Waals surface area contributed by atoms with E-state index in [9.17, 15) is 4.79 Å². The summed E-state index contributed by atoms with van der Waals surface area (Å²) in [6, 6.07) is 4.01. The van der Waals surface area contributed by atoms with Crippen LogP contribution in [0.4, 0.5) is 0 Å². The van der Waals surface area contributed by atoms with Crippen molar-refractivity contribution in [3.05, 3.63) is 28.8 Å². The average Bonchev–Trinajstić information content (AvgIpc) is 2.31. The van der Waals surface area contributed by atoms with E-state index in [1.807, 2.05) is 32.9 Å². The van der Waals surface area contributed by atoms with Crippen LogP contribution in [-0.2, 0) is 4.79 Å². The number of aliphatic hydroxyl groups excluding tert-OH is 1. The van der Waals surface area contributed by atoms with Crippen LogP contribution in [0.15, 0.2) is 12.1 Å². The molecule has 0 heterocycles. The summed E-state index contributed by atoms with van der Waals surface area (Å²) < 4.78 is 5.51. The van der Waals surface area contributed by atoms with Crippen LogP contribution < -0.4 is 10.1 Å². The number of hydrogen-bond donors (Lipinski definition) is 2. The lowest BCUT2D eigenvalue weighted by Crippen LogP contribution is -2.31. The third-order valence-electron chi connectivity index (χ3n) is 2.66. The number of aryl methyl sites for hydroxylation is 2. The van der Waals surface area contributed by atoms with Gasteiger partial charge in [-0.15, -0.1) is 0 Å². The molecule has 0 radical (unpaired) electrons. The highest BCUT2D eigenvalue weighted by molar-refractivity contribution is 5.77. The van der Waals surface area contributed by atoms with Crippen LogP contribution in [-0.4, -0.2) is 30.8 Å². The number of benzene rings is 1. The van der Waals surface area contributed by atoms with Crippen molar-refractivity contribution >= 4 is 5.91 Å². The molecule has 0 saturated carbocycles. The molecule has 1 aromatic rings. The first-order valence-corrected chi connectivity index (χ1v) is 5.63. The van der Waals surface area contributed by atoms with Crippen molar-refractivity contribution in [3.63, 3.8) is 0 Å². The van der Waals surface area contributed by atoms with Gasteiger partial charge >= 0.3 is 0 Å². The van der Waals surface area contributed by atoms with Gasteiger partial charge < -0.3 is 15.2 Å². The van der Waals surface area contributed by atoms with Crippen molar-refractivity contribution in [3.8, 4) is 5.75 Å². The summed E-state index contributed by atoms with van der Waals surface area (Å²) in [5.74, 6) is 0.545. The first kappa shape index (κ1) is 13.5. The molecule has 17 heavy (non-hydrogen) atoms. The van der Waals surface area contributed by atoms with Gasteiger partial charge in [-0.25, -0.2) is 0 Å². The minimum absolute atomic E-state index is 0.0227. The predicted molar refractivity (Wildman–Crippen MR) is 66.2 cm³/mol. The van der Waals surface area contributed by atoms with E-state index in [4.69, 9.17) is 9.84 Å². The topological polar surface area (TPSA) is 58.6 Å². The van der Waals surface area contributed by atoms with E-state index >= 15 is 0 Å². The molecule has 2 N–H and O–H groups in total. The van der Waals surface area contributed by atoms with E-state index in [0.717, 1.165) is 22.4 Å². The zero-order valence-corrected chi connectivity index (χ0v) is 10.5. The molecule has 0 bridgehead atoms. The van der Waals surface area contributed by atoms with Gasteiger partial charge in [0.05, 0.1) is 6.61 Å². The number of amides is 1. The van der Waals surface area contributed by atoms with Crippen molar-refractivity contribution in [2.45, 2.75) is 20.8 Å². The zero-order chi connectivity index (χ0) is 12.8. The molecule has 4 heteroatoms. The van der Waals surface area contributed by atoms with Crippen LogP contribution in [0.5, 0.6) is 5.75 Å². The maximum absolute atomic E-state index is 11.3. The van der Waals surface area contributed by atoms with Gasteiger partial charge in [0.2, 0.25) is 0 Å².